The predicted octanol–water partition coefficient (Wildman–Crippen LogP) is 21.6. The number of carbonyl (C=O) groups excluding carboxylic acids is 3. The fraction of sp³-hybridized carbons (Fsp3) is 0.617. The monoisotopic (exact) mass is 1420 g/mol. The van der Waals surface area contributed by atoms with Crippen molar-refractivity contribution in [2.24, 2.45) is 0 Å². The van der Waals surface area contributed by atoms with Crippen LogP contribution in [-0.4, -0.2) is 95.9 Å². The molecule has 0 saturated heterocycles. The van der Waals surface area contributed by atoms with Crippen molar-refractivity contribution in [3.63, 3.8) is 0 Å². The van der Waals surface area contributed by atoms with Gasteiger partial charge >= 0.3 is 33.6 Å². The summed E-state index contributed by atoms with van der Waals surface area (Å²) in [5.41, 5.74) is 0. The summed E-state index contributed by atoms with van der Waals surface area (Å²) in [6.07, 6.45) is 91.0. The van der Waals surface area contributed by atoms with E-state index in [0.29, 0.717) is 19.3 Å². The average Bonchev–Trinajstić information content (AvgIpc) is 2.30. The summed E-state index contributed by atoms with van der Waals surface area (Å²) >= 11 is 0. The van der Waals surface area contributed by atoms with Crippen molar-refractivity contribution in [1.82, 2.24) is 0 Å². The van der Waals surface area contributed by atoms with Crippen molar-refractivity contribution >= 4 is 33.6 Å². The standard InChI is InChI=1S/C81H132O16P2/c1-4-7-10-13-16-19-22-25-28-31-34-36-37-39-42-43-46-49-52-55-58-61-64-67-79(84)91-70-76(82)71-93-98(87,88)94-72-77(83)73-95-99(89,90)96-75-78(97-81(86)69-66-63-60-57-54-51-48-45-40-33-30-27-24-21-18-15-12-9-6-3)74-92-80(85)68-65-62-59-56-53-50-47-44-41-38-35-32-29-26-23-20-17-14-11-8-5-2/h7-8,10-11,16-21,25-30,34-36,38-40,42,44-47,49,76-78,82-83H,4-6,9,12-15,22-24,31-33,37,41,43,48,50-75H2,1-3H3,(H,87,88)(H,89,90)/b10-7-,11-8-,19-16-,20-17-,21-18-,28-25-,29-26-,30-27-,36-34-,38-35-,42-39-,45-40-,47-44-,49-46-. The normalized spacial score (nSPS) is 15.0. The fourth-order valence-corrected chi connectivity index (χ4v) is 10.8. The summed E-state index contributed by atoms with van der Waals surface area (Å²) in [6.45, 7) is 2.33. The van der Waals surface area contributed by atoms with Crippen molar-refractivity contribution in [3.05, 3.63) is 170 Å². The second-order valence-electron chi connectivity index (χ2n) is 24.3. The van der Waals surface area contributed by atoms with E-state index in [1.54, 1.807) is 0 Å². The summed E-state index contributed by atoms with van der Waals surface area (Å²) in [5.74, 6) is -1.65. The summed E-state index contributed by atoms with van der Waals surface area (Å²) in [7, 11) is -9.82. The van der Waals surface area contributed by atoms with Crippen molar-refractivity contribution in [1.29, 1.82) is 0 Å². The summed E-state index contributed by atoms with van der Waals surface area (Å²) in [4.78, 5) is 58.6. The SMILES string of the molecule is CC/C=C\C/C=C\C/C=C\C/C=C\C/C=C\C/C=C\CCCCCCC(=O)OCC(O)COP(=O)(O)OCC(O)COP(=O)(O)OCC(COC(=O)CCCCCCC/C=C\C/C=C\C/C=C\C/C=C\C/C=C\CC)OC(=O)CCCCCCCC/C=C\C/C=C\C/C=C\CCCCC. The average molecular weight is 1420 g/mol. The first kappa shape index (κ1) is 93.9. The Balaban J connectivity index is 4.77. The molecule has 0 spiro atoms. The van der Waals surface area contributed by atoms with Crippen LogP contribution in [0.5, 0.6) is 0 Å². The van der Waals surface area contributed by atoms with Gasteiger partial charge in [-0.3, -0.25) is 32.5 Å². The number of aliphatic hydroxyl groups is 2. The highest BCUT2D eigenvalue weighted by atomic mass is 31.2. The van der Waals surface area contributed by atoms with Gasteiger partial charge in [0.1, 0.15) is 25.4 Å². The third-order valence-corrected chi connectivity index (χ3v) is 16.8. The molecule has 0 aromatic heterocycles. The van der Waals surface area contributed by atoms with Crippen LogP contribution >= 0.6 is 15.6 Å². The van der Waals surface area contributed by atoms with E-state index in [4.69, 9.17) is 32.3 Å². The van der Waals surface area contributed by atoms with Gasteiger partial charge in [-0.05, 0) is 154 Å². The molecule has 0 saturated carbocycles. The van der Waals surface area contributed by atoms with Crippen LogP contribution in [0.4, 0.5) is 0 Å². The molecule has 0 fully saturated rings. The molecule has 0 heterocycles. The molecule has 0 amide bonds. The van der Waals surface area contributed by atoms with Crippen LogP contribution in [-0.2, 0) is 55.8 Å². The summed E-state index contributed by atoms with van der Waals surface area (Å²) < 4.78 is 61.1. The molecule has 0 bridgehead atoms. The summed E-state index contributed by atoms with van der Waals surface area (Å²) in [5, 5.41) is 20.6. The number of phosphoric acid groups is 2. The van der Waals surface area contributed by atoms with Crippen LogP contribution in [0.1, 0.15) is 265 Å². The fourth-order valence-electron chi connectivity index (χ4n) is 9.25. The van der Waals surface area contributed by atoms with Gasteiger partial charge in [0.05, 0.1) is 26.4 Å². The van der Waals surface area contributed by atoms with Gasteiger partial charge < -0.3 is 34.2 Å². The van der Waals surface area contributed by atoms with E-state index >= 15 is 0 Å². The van der Waals surface area contributed by atoms with Crippen molar-refractivity contribution < 1.29 is 75.8 Å². The third kappa shape index (κ3) is 73.9. The van der Waals surface area contributed by atoms with E-state index in [0.717, 1.165) is 186 Å². The molecule has 0 rings (SSSR count). The first-order chi connectivity index (χ1) is 48.2. The lowest BCUT2D eigenvalue weighted by molar-refractivity contribution is -0.161. The highest BCUT2D eigenvalue weighted by Crippen LogP contribution is 2.45. The molecule has 0 aromatic carbocycles. The molecule has 5 atom stereocenters. The zero-order chi connectivity index (χ0) is 72.3. The Morgan fingerprint density at radius 1 is 0.293 bits per heavy atom. The van der Waals surface area contributed by atoms with Crippen molar-refractivity contribution in [3.8, 4) is 0 Å². The minimum atomic E-state index is -4.95. The van der Waals surface area contributed by atoms with Crippen LogP contribution in [0.3, 0.4) is 0 Å². The molecule has 0 aliphatic carbocycles. The quantitative estimate of drug-likeness (QED) is 0.0146. The van der Waals surface area contributed by atoms with Gasteiger partial charge in [-0.2, -0.15) is 0 Å². The lowest BCUT2D eigenvalue weighted by Crippen LogP contribution is -2.30. The van der Waals surface area contributed by atoms with Gasteiger partial charge in [-0.15, -0.1) is 0 Å². The Hall–Kier alpha value is -5.09. The number of esters is 3. The van der Waals surface area contributed by atoms with Gasteiger partial charge in [0.2, 0.25) is 0 Å². The maximum Gasteiger partial charge on any atom is 0.472 e. The van der Waals surface area contributed by atoms with Crippen molar-refractivity contribution in [2.75, 3.05) is 39.6 Å². The largest absolute Gasteiger partial charge is 0.472 e. The molecule has 5 unspecified atom stereocenters. The number of allylic oxidation sites excluding steroid dienone is 28. The Morgan fingerprint density at radius 3 is 0.848 bits per heavy atom. The number of unbranched alkanes of at least 4 members (excludes halogenated alkanes) is 18. The first-order valence-corrected chi connectivity index (χ1v) is 40.4. The smallest absolute Gasteiger partial charge is 0.463 e. The van der Waals surface area contributed by atoms with Crippen LogP contribution in [0.2, 0.25) is 0 Å². The number of hydrogen-bond donors (Lipinski definition) is 4. The maximum absolute atomic E-state index is 13.0. The molecule has 0 aliphatic rings. The minimum Gasteiger partial charge on any atom is -0.463 e. The van der Waals surface area contributed by atoms with Gasteiger partial charge in [0.25, 0.3) is 0 Å². The Kier molecular flexibility index (Phi) is 69.0. The summed E-state index contributed by atoms with van der Waals surface area (Å²) in [6, 6.07) is 0. The molecule has 0 aromatic rings. The van der Waals surface area contributed by atoms with Crippen molar-refractivity contribution in [2.45, 2.75) is 283 Å². The van der Waals surface area contributed by atoms with Crippen LogP contribution in [0, 0.1) is 0 Å². The Bertz CT molecular complexity index is 2480. The number of rotatable bonds is 69. The van der Waals surface area contributed by atoms with E-state index < -0.39 is 91.5 Å². The van der Waals surface area contributed by atoms with Gasteiger partial charge in [-0.1, -0.05) is 262 Å². The molecule has 562 valence electrons. The molecule has 0 radical (unpaired) electrons. The highest BCUT2D eigenvalue weighted by molar-refractivity contribution is 7.47. The van der Waals surface area contributed by atoms with Gasteiger partial charge in [-0.25, -0.2) is 9.13 Å². The zero-order valence-electron chi connectivity index (χ0n) is 61.1. The second-order valence-corrected chi connectivity index (χ2v) is 27.2. The highest BCUT2D eigenvalue weighted by Gasteiger charge is 2.29. The molecule has 99 heavy (non-hydrogen) atoms. The topological polar surface area (TPSA) is 231 Å². The van der Waals surface area contributed by atoms with Gasteiger partial charge in [0, 0.05) is 19.3 Å². The Morgan fingerprint density at radius 2 is 0.535 bits per heavy atom. The first-order valence-electron chi connectivity index (χ1n) is 37.4. The minimum absolute atomic E-state index is 0.0782. The second kappa shape index (κ2) is 72.7. The number of carbonyl (C=O) groups is 3. The van der Waals surface area contributed by atoms with E-state index in [9.17, 15) is 43.5 Å². The maximum atomic E-state index is 13.0. The number of aliphatic hydroxyl groups excluding tert-OH is 2. The van der Waals surface area contributed by atoms with E-state index in [1.165, 1.54) is 19.3 Å². The molecule has 16 nitrogen and oxygen atoms in total. The number of ether oxygens (including phenoxy) is 3. The molecule has 4 N–H and O–H groups in total. The number of hydrogen-bond acceptors (Lipinski definition) is 14. The predicted molar refractivity (Wildman–Crippen MR) is 408 cm³/mol. The van der Waals surface area contributed by atoms with E-state index in [1.807, 2.05) is 0 Å². The van der Waals surface area contributed by atoms with Crippen LogP contribution < -0.4 is 0 Å². The van der Waals surface area contributed by atoms with Gasteiger partial charge in [0.15, 0.2) is 6.10 Å². The van der Waals surface area contributed by atoms with E-state index in [-0.39, 0.29) is 19.3 Å². The molecule has 18 heteroatoms. The van der Waals surface area contributed by atoms with E-state index in [2.05, 4.69) is 191 Å². The zero-order valence-corrected chi connectivity index (χ0v) is 62.9. The molecule has 0 aliphatic heterocycles. The molecular formula is C81H132O16P2. The van der Waals surface area contributed by atoms with Crippen LogP contribution in [0.15, 0.2) is 170 Å². The number of phosphoric ester groups is 2. The third-order valence-electron chi connectivity index (χ3n) is 14.9. The van der Waals surface area contributed by atoms with Crippen LogP contribution in [0.25, 0.3) is 0 Å². The molecular weight excluding hydrogens is 1290 g/mol. The lowest BCUT2D eigenvalue weighted by Gasteiger charge is -2.21. The Labute approximate surface area is 599 Å². The lowest BCUT2D eigenvalue weighted by atomic mass is 10.1.